The van der Waals surface area contributed by atoms with E-state index < -0.39 is 11.7 Å². The molecule has 1 aliphatic rings. The lowest BCUT2D eigenvalue weighted by molar-refractivity contribution is -0.116. The molecule has 9 nitrogen and oxygen atoms in total. The number of amides is 1. The highest BCUT2D eigenvalue weighted by molar-refractivity contribution is 7.22. The van der Waals surface area contributed by atoms with Gasteiger partial charge in [0.05, 0.1) is 12.7 Å². The van der Waals surface area contributed by atoms with Crippen LogP contribution in [0, 0.1) is 0 Å². The van der Waals surface area contributed by atoms with Crippen molar-refractivity contribution in [3.8, 4) is 11.3 Å². The van der Waals surface area contributed by atoms with Gasteiger partial charge in [-0.1, -0.05) is 41.7 Å². The maximum atomic E-state index is 13.1. The van der Waals surface area contributed by atoms with Crippen molar-refractivity contribution in [2.75, 3.05) is 30.4 Å². The third-order valence-electron chi connectivity index (χ3n) is 5.82. The molecule has 3 heterocycles. The Labute approximate surface area is 205 Å². The summed E-state index contributed by atoms with van der Waals surface area (Å²) in [5, 5.41) is 3.60. The second-order valence-corrected chi connectivity index (χ2v) is 9.11. The molecule has 0 bridgehead atoms. The van der Waals surface area contributed by atoms with E-state index in [1.165, 1.54) is 23.0 Å². The summed E-state index contributed by atoms with van der Waals surface area (Å²) < 4.78 is 6.06. The Morgan fingerprint density at radius 1 is 1.03 bits per heavy atom. The van der Waals surface area contributed by atoms with Crippen molar-refractivity contribution in [1.29, 1.82) is 0 Å². The molecule has 1 saturated heterocycles. The van der Waals surface area contributed by atoms with Crippen LogP contribution in [-0.2, 0) is 16.1 Å². The van der Waals surface area contributed by atoms with E-state index >= 15 is 0 Å². The first-order chi connectivity index (χ1) is 17.0. The van der Waals surface area contributed by atoms with Crippen LogP contribution in [0.1, 0.15) is 23.2 Å². The first-order valence-corrected chi connectivity index (χ1v) is 12.0. The summed E-state index contributed by atoms with van der Waals surface area (Å²) in [5.41, 5.74) is 2.30. The second kappa shape index (κ2) is 9.67. The molecule has 35 heavy (non-hydrogen) atoms. The van der Waals surface area contributed by atoms with E-state index in [1.54, 1.807) is 24.3 Å². The van der Waals surface area contributed by atoms with Crippen LogP contribution in [0.4, 0.5) is 10.8 Å². The number of carbonyl (C=O) groups is 2. The van der Waals surface area contributed by atoms with E-state index in [4.69, 9.17) is 9.72 Å². The number of nitrogens with zero attached hydrogens (tertiary/aromatic N) is 4. The molecule has 0 unspecified atom stereocenters. The lowest BCUT2D eigenvalue weighted by atomic mass is 10.1. The molecule has 10 heteroatoms. The highest BCUT2D eigenvalue weighted by atomic mass is 32.1. The summed E-state index contributed by atoms with van der Waals surface area (Å²) in [6.45, 7) is 1.62. The minimum Gasteiger partial charge on any atom is -0.465 e. The zero-order chi connectivity index (χ0) is 24.4. The van der Waals surface area contributed by atoms with E-state index in [2.05, 4.69) is 15.2 Å². The number of anilines is 2. The minimum atomic E-state index is -0.510. The highest BCUT2D eigenvalue weighted by Crippen LogP contribution is 2.34. The van der Waals surface area contributed by atoms with Crippen LogP contribution in [-0.4, -0.2) is 46.6 Å². The van der Waals surface area contributed by atoms with Gasteiger partial charge < -0.3 is 15.0 Å². The molecule has 1 amide bonds. The summed E-state index contributed by atoms with van der Waals surface area (Å²) in [4.78, 5) is 49.5. The normalized spacial score (nSPS) is 13.2. The van der Waals surface area contributed by atoms with Crippen molar-refractivity contribution in [2.45, 2.75) is 19.4 Å². The number of rotatable bonds is 6. The van der Waals surface area contributed by atoms with Gasteiger partial charge in [-0.2, -0.15) is 4.98 Å². The number of hydrogen-bond acceptors (Lipinski definition) is 8. The van der Waals surface area contributed by atoms with Gasteiger partial charge in [-0.05, 0) is 37.1 Å². The first kappa shape index (κ1) is 22.7. The van der Waals surface area contributed by atoms with E-state index in [0.29, 0.717) is 27.3 Å². The standard InChI is InChI=1S/C25H23N5O4S/c1-34-23(32)17-9-11-18(12-10-17)26-19(31)15-30-22-21(28-25(35-22)29-13-5-6-14-29)20(27-24(30)33)16-7-3-2-4-8-16/h2-4,7-12H,5-6,13-15H2,1H3,(H,26,31). The Hall–Kier alpha value is -4.05. The van der Waals surface area contributed by atoms with Gasteiger partial charge in [-0.25, -0.2) is 14.6 Å². The summed E-state index contributed by atoms with van der Waals surface area (Å²) >= 11 is 1.41. The average molecular weight is 490 g/mol. The molecule has 2 aromatic heterocycles. The number of carbonyl (C=O) groups excluding carboxylic acids is 2. The molecular weight excluding hydrogens is 466 g/mol. The number of benzene rings is 2. The van der Waals surface area contributed by atoms with Crippen LogP contribution in [0.3, 0.4) is 0 Å². The van der Waals surface area contributed by atoms with Crippen LogP contribution >= 0.6 is 11.3 Å². The van der Waals surface area contributed by atoms with Crippen molar-refractivity contribution >= 4 is 44.4 Å². The Bertz CT molecular complexity index is 1440. The maximum Gasteiger partial charge on any atom is 0.349 e. The van der Waals surface area contributed by atoms with Crippen LogP contribution < -0.4 is 15.9 Å². The number of thiazole rings is 1. The number of hydrogen-bond donors (Lipinski definition) is 1. The van der Waals surface area contributed by atoms with Crippen LogP contribution in [0.2, 0.25) is 0 Å². The van der Waals surface area contributed by atoms with Gasteiger partial charge in [-0.15, -0.1) is 0 Å². The fourth-order valence-corrected chi connectivity index (χ4v) is 5.18. The second-order valence-electron chi connectivity index (χ2n) is 8.16. The van der Waals surface area contributed by atoms with Gasteiger partial charge in [0.25, 0.3) is 0 Å². The molecule has 0 saturated carbocycles. The van der Waals surface area contributed by atoms with Crippen molar-refractivity contribution in [1.82, 2.24) is 14.5 Å². The van der Waals surface area contributed by atoms with E-state index in [0.717, 1.165) is 36.6 Å². The summed E-state index contributed by atoms with van der Waals surface area (Å²) in [7, 11) is 1.31. The molecule has 4 aromatic rings. The number of methoxy groups -OCH3 is 1. The van der Waals surface area contributed by atoms with Gasteiger partial charge >= 0.3 is 11.7 Å². The molecule has 178 valence electrons. The predicted molar refractivity (Wildman–Crippen MR) is 135 cm³/mol. The maximum absolute atomic E-state index is 13.1. The fourth-order valence-electron chi connectivity index (χ4n) is 4.07. The van der Waals surface area contributed by atoms with E-state index in [-0.39, 0.29) is 12.5 Å². The molecule has 1 N–H and O–H groups in total. The lowest BCUT2D eigenvalue weighted by Gasteiger charge is -2.11. The molecule has 1 fully saturated rings. The van der Waals surface area contributed by atoms with Gasteiger partial charge in [0.1, 0.15) is 22.6 Å². The molecule has 5 rings (SSSR count). The van der Waals surface area contributed by atoms with Gasteiger partial charge in [0.15, 0.2) is 5.13 Å². The topological polar surface area (TPSA) is 106 Å². The zero-order valence-corrected chi connectivity index (χ0v) is 19.9. The average Bonchev–Trinajstić information content (AvgIpc) is 3.56. The number of aromatic nitrogens is 3. The fraction of sp³-hybridized carbons (Fsp3) is 0.240. The summed E-state index contributed by atoms with van der Waals surface area (Å²) in [6.07, 6.45) is 2.20. The minimum absolute atomic E-state index is 0.211. The molecule has 2 aromatic carbocycles. The predicted octanol–water partition coefficient (Wildman–Crippen LogP) is 3.55. The largest absolute Gasteiger partial charge is 0.465 e. The Balaban J connectivity index is 1.48. The lowest BCUT2D eigenvalue weighted by Crippen LogP contribution is -2.29. The third-order valence-corrected chi connectivity index (χ3v) is 6.96. The van der Waals surface area contributed by atoms with Crippen molar-refractivity contribution in [2.24, 2.45) is 0 Å². The Kier molecular flexibility index (Phi) is 6.28. The zero-order valence-electron chi connectivity index (χ0n) is 19.1. The molecular formula is C25H23N5O4S. The molecule has 0 spiro atoms. The smallest absolute Gasteiger partial charge is 0.349 e. The summed E-state index contributed by atoms with van der Waals surface area (Å²) in [6, 6.07) is 15.8. The Morgan fingerprint density at radius 2 is 1.74 bits per heavy atom. The number of ether oxygens (including phenoxy) is 1. The monoisotopic (exact) mass is 489 g/mol. The van der Waals surface area contributed by atoms with Gasteiger partial charge in [0.2, 0.25) is 5.91 Å². The van der Waals surface area contributed by atoms with Gasteiger partial charge in [0, 0.05) is 24.3 Å². The van der Waals surface area contributed by atoms with Crippen LogP contribution in [0.15, 0.2) is 59.4 Å². The van der Waals surface area contributed by atoms with Crippen molar-refractivity contribution < 1.29 is 14.3 Å². The van der Waals surface area contributed by atoms with Gasteiger partial charge in [-0.3, -0.25) is 9.36 Å². The number of fused-ring (bicyclic) bond motifs is 1. The summed E-state index contributed by atoms with van der Waals surface area (Å²) in [5.74, 6) is -0.843. The van der Waals surface area contributed by atoms with Crippen molar-refractivity contribution in [3.63, 3.8) is 0 Å². The molecule has 0 atom stereocenters. The first-order valence-electron chi connectivity index (χ1n) is 11.2. The third kappa shape index (κ3) is 4.65. The molecule has 0 aliphatic carbocycles. The van der Waals surface area contributed by atoms with Crippen LogP contribution in [0.25, 0.3) is 21.6 Å². The quantitative estimate of drug-likeness (QED) is 0.413. The van der Waals surface area contributed by atoms with E-state index in [1.807, 2.05) is 30.3 Å². The molecule has 0 radical (unpaired) electrons. The highest BCUT2D eigenvalue weighted by Gasteiger charge is 2.22. The SMILES string of the molecule is COC(=O)c1ccc(NC(=O)Cn2c(=O)nc(-c3ccccc3)c3nc(N4CCCC4)sc32)cc1. The van der Waals surface area contributed by atoms with Crippen LogP contribution in [0.5, 0.6) is 0 Å². The molecule has 1 aliphatic heterocycles. The number of nitrogens with one attached hydrogen (secondary N) is 1. The number of esters is 1. The van der Waals surface area contributed by atoms with Crippen molar-refractivity contribution in [3.05, 3.63) is 70.6 Å². The van der Waals surface area contributed by atoms with E-state index in [9.17, 15) is 14.4 Å². The Morgan fingerprint density at radius 3 is 2.43 bits per heavy atom.